The third kappa shape index (κ3) is 3.18. The molecule has 1 aromatic heterocycles. The Morgan fingerprint density at radius 2 is 2.17 bits per heavy atom. The molecule has 0 aliphatic rings. The number of nitrogens with one attached hydrogen (secondary N) is 1. The summed E-state index contributed by atoms with van der Waals surface area (Å²) in [6.07, 6.45) is 3.32. The summed E-state index contributed by atoms with van der Waals surface area (Å²) in [5.41, 5.74) is 1.58. The zero-order chi connectivity index (χ0) is 12.8. The zero-order valence-electron chi connectivity index (χ0n) is 10.1. The summed E-state index contributed by atoms with van der Waals surface area (Å²) in [5, 5.41) is 11.9. The molecule has 1 heterocycles. The van der Waals surface area contributed by atoms with Crippen LogP contribution in [0, 0.1) is 0 Å². The number of aliphatic hydroxyl groups is 1. The van der Waals surface area contributed by atoms with Gasteiger partial charge < -0.3 is 15.2 Å². The summed E-state index contributed by atoms with van der Waals surface area (Å²) >= 11 is 0. The highest BCUT2D eigenvalue weighted by molar-refractivity contribution is 5.30. The number of benzene rings is 1. The Hall–Kier alpha value is -2.14. The van der Waals surface area contributed by atoms with Crippen molar-refractivity contribution in [1.29, 1.82) is 0 Å². The summed E-state index contributed by atoms with van der Waals surface area (Å²) in [5.74, 6) is 1.43. The fourth-order valence-corrected chi connectivity index (χ4v) is 1.45. The van der Waals surface area contributed by atoms with Crippen molar-refractivity contribution in [2.45, 2.75) is 13.2 Å². The molecule has 0 saturated carbocycles. The maximum Gasteiger partial charge on any atom is 0.144 e. The molecule has 94 valence electrons. The van der Waals surface area contributed by atoms with Crippen molar-refractivity contribution in [2.24, 2.45) is 0 Å². The highest BCUT2D eigenvalue weighted by Gasteiger charge is 1.99. The van der Waals surface area contributed by atoms with Crippen molar-refractivity contribution < 1.29 is 9.84 Å². The maximum absolute atomic E-state index is 9.02. The predicted molar refractivity (Wildman–Crippen MR) is 68.3 cm³/mol. The van der Waals surface area contributed by atoms with Crippen LogP contribution >= 0.6 is 0 Å². The van der Waals surface area contributed by atoms with E-state index in [2.05, 4.69) is 15.3 Å². The molecule has 0 fully saturated rings. The van der Waals surface area contributed by atoms with Gasteiger partial charge in [0.05, 0.1) is 24.7 Å². The molecule has 0 radical (unpaired) electrons. The van der Waals surface area contributed by atoms with E-state index in [1.54, 1.807) is 25.5 Å². The van der Waals surface area contributed by atoms with E-state index >= 15 is 0 Å². The molecule has 0 bridgehead atoms. The number of ether oxygens (including phenoxy) is 1. The van der Waals surface area contributed by atoms with Gasteiger partial charge in [-0.15, -0.1) is 0 Å². The van der Waals surface area contributed by atoms with Crippen LogP contribution in [0.1, 0.15) is 11.3 Å². The third-order valence-electron chi connectivity index (χ3n) is 2.43. The molecule has 0 amide bonds. The molecule has 1 aromatic carbocycles. The summed E-state index contributed by atoms with van der Waals surface area (Å²) in [4.78, 5) is 8.36. The van der Waals surface area contributed by atoms with E-state index < -0.39 is 0 Å². The van der Waals surface area contributed by atoms with Gasteiger partial charge in [0.15, 0.2) is 0 Å². The Morgan fingerprint density at radius 3 is 2.83 bits per heavy atom. The summed E-state index contributed by atoms with van der Waals surface area (Å²) in [7, 11) is 1.79. The smallest absolute Gasteiger partial charge is 0.144 e. The molecule has 0 aliphatic heterocycles. The zero-order valence-corrected chi connectivity index (χ0v) is 10.1. The molecule has 2 aromatic rings. The lowest BCUT2D eigenvalue weighted by Gasteiger charge is -2.07. The van der Waals surface area contributed by atoms with Gasteiger partial charge >= 0.3 is 0 Å². The topological polar surface area (TPSA) is 67.3 Å². The number of rotatable bonds is 5. The van der Waals surface area contributed by atoms with Crippen molar-refractivity contribution in [2.75, 3.05) is 12.4 Å². The Bertz CT molecular complexity index is 500. The van der Waals surface area contributed by atoms with E-state index in [9.17, 15) is 0 Å². The average molecular weight is 245 g/mol. The van der Waals surface area contributed by atoms with Crippen LogP contribution in [0.25, 0.3) is 0 Å². The number of nitrogens with zero attached hydrogens (tertiary/aromatic N) is 2. The highest BCUT2D eigenvalue weighted by atomic mass is 16.5. The second-order valence-electron chi connectivity index (χ2n) is 3.74. The number of hydrogen-bond acceptors (Lipinski definition) is 5. The number of aromatic nitrogens is 2. The van der Waals surface area contributed by atoms with E-state index in [1.165, 1.54) is 0 Å². The van der Waals surface area contributed by atoms with Crippen molar-refractivity contribution in [3.63, 3.8) is 0 Å². The van der Waals surface area contributed by atoms with Crippen LogP contribution in [0.5, 0.6) is 5.75 Å². The quantitative estimate of drug-likeness (QED) is 0.837. The summed E-state index contributed by atoms with van der Waals surface area (Å²) < 4.78 is 5.57. The van der Waals surface area contributed by atoms with Crippen molar-refractivity contribution in [1.82, 2.24) is 9.97 Å². The Labute approximate surface area is 105 Å². The van der Waals surface area contributed by atoms with Gasteiger partial charge in [0, 0.05) is 7.05 Å². The molecule has 5 heteroatoms. The molecule has 0 unspecified atom stereocenters. The van der Waals surface area contributed by atoms with Crippen molar-refractivity contribution in [3.05, 3.63) is 47.9 Å². The third-order valence-corrected chi connectivity index (χ3v) is 2.43. The first-order valence-corrected chi connectivity index (χ1v) is 5.63. The standard InChI is InChI=1S/C13H15N3O2/c1-14-13-7-15-11(6-16-13)9-18-12-4-2-3-10(5-12)8-17/h2-7,17H,8-9H2,1H3,(H,14,16). The number of hydrogen-bond donors (Lipinski definition) is 2. The fraction of sp³-hybridized carbons (Fsp3) is 0.231. The SMILES string of the molecule is CNc1cnc(COc2cccc(CO)c2)cn1. The molecular formula is C13H15N3O2. The Balaban J connectivity index is 1.97. The van der Waals surface area contributed by atoms with Crippen LogP contribution in [-0.4, -0.2) is 22.1 Å². The lowest BCUT2D eigenvalue weighted by molar-refractivity contribution is 0.277. The minimum Gasteiger partial charge on any atom is -0.487 e. The molecule has 2 N–H and O–H groups in total. The van der Waals surface area contributed by atoms with E-state index in [0.717, 1.165) is 17.1 Å². The number of aliphatic hydroxyl groups excluding tert-OH is 1. The molecule has 0 saturated heterocycles. The first-order chi connectivity index (χ1) is 8.81. The average Bonchev–Trinajstić information content (AvgIpc) is 2.46. The molecule has 0 atom stereocenters. The van der Waals surface area contributed by atoms with E-state index in [4.69, 9.17) is 9.84 Å². The lowest BCUT2D eigenvalue weighted by atomic mass is 10.2. The predicted octanol–water partition coefficient (Wildman–Crippen LogP) is 1.59. The van der Waals surface area contributed by atoms with Crippen LogP contribution in [-0.2, 0) is 13.2 Å². The van der Waals surface area contributed by atoms with E-state index in [1.807, 2.05) is 18.2 Å². The normalized spacial score (nSPS) is 10.1. The van der Waals surface area contributed by atoms with Gasteiger partial charge in [-0.1, -0.05) is 12.1 Å². The van der Waals surface area contributed by atoms with Crippen LogP contribution in [0.3, 0.4) is 0 Å². The summed E-state index contributed by atoms with van der Waals surface area (Å²) in [6.45, 7) is 0.361. The van der Waals surface area contributed by atoms with Gasteiger partial charge in [-0.2, -0.15) is 0 Å². The molecule has 5 nitrogen and oxygen atoms in total. The molecule has 0 aliphatic carbocycles. The molecule has 0 spiro atoms. The fourth-order valence-electron chi connectivity index (χ4n) is 1.45. The largest absolute Gasteiger partial charge is 0.487 e. The lowest BCUT2D eigenvalue weighted by Crippen LogP contribution is -2.01. The van der Waals surface area contributed by atoms with Crippen molar-refractivity contribution >= 4 is 5.82 Å². The van der Waals surface area contributed by atoms with Gasteiger partial charge in [0.1, 0.15) is 18.2 Å². The monoisotopic (exact) mass is 245 g/mol. The first-order valence-electron chi connectivity index (χ1n) is 5.63. The van der Waals surface area contributed by atoms with Gasteiger partial charge in [-0.3, -0.25) is 4.98 Å². The minimum absolute atomic E-state index is 0.00781. The number of anilines is 1. The Morgan fingerprint density at radius 1 is 1.28 bits per heavy atom. The van der Waals surface area contributed by atoms with Gasteiger partial charge in [-0.25, -0.2) is 4.98 Å². The molecule has 2 rings (SSSR count). The molecule has 18 heavy (non-hydrogen) atoms. The first kappa shape index (κ1) is 12.3. The second kappa shape index (κ2) is 5.97. The van der Waals surface area contributed by atoms with E-state index in [-0.39, 0.29) is 6.61 Å². The van der Waals surface area contributed by atoms with Gasteiger partial charge in [0.25, 0.3) is 0 Å². The minimum atomic E-state index is 0.00781. The van der Waals surface area contributed by atoms with Crippen LogP contribution < -0.4 is 10.1 Å². The molecular weight excluding hydrogens is 230 g/mol. The van der Waals surface area contributed by atoms with Gasteiger partial charge in [-0.05, 0) is 17.7 Å². The van der Waals surface area contributed by atoms with Crippen LogP contribution in [0.2, 0.25) is 0 Å². The summed E-state index contributed by atoms with van der Waals surface area (Å²) in [6, 6.07) is 7.33. The van der Waals surface area contributed by atoms with Crippen molar-refractivity contribution in [3.8, 4) is 5.75 Å². The van der Waals surface area contributed by atoms with E-state index in [0.29, 0.717) is 12.4 Å². The van der Waals surface area contributed by atoms with Crippen LogP contribution in [0.15, 0.2) is 36.7 Å². The highest BCUT2D eigenvalue weighted by Crippen LogP contribution is 2.14. The second-order valence-corrected chi connectivity index (χ2v) is 3.74. The maximum atomic E-state index is 9.02. The Kier molecular flexibility index (Phi) is 4.09. The van der Waals surface area contributed by atoms with Gasteiger partial charge in [0.2, 0.25) is 0 Å². The van der Waals surface area contributed by atoms with Crippen LogP contribution in [0.4, 0.5) is 5.82 Å².